The van der Waals surface area contributed by atoms with Gasteiger partial charge in [-0.3, -0.25) is 0 Å². The third kappa shape index (κ3) is 9.23. The van der Waals surface area contributed by atoms with E-state index in [9.17, 15) is 0 Å². The molecule has 1 heteroatoms. The molecule has 0 atom stereocenters. The highest BCUT2D eigenvalue weighted by molar-refractivity contribution is 6.30. The highest BCUT2D eigenvalue weighted by Crippen LogP contribution is 2.22. The molecule has 0 aliphatic heterocycles. The van der Waals surface area contributed by atoms with Crippen molar-refractivity contribution in [1.82, 2.24) is 0 Å². The van der Waals surface area contributed by atoms with E-state index in [4.69, 9.17) is 11.6 Å². The number of rotatable bonds is 0. The Bertz CT molecular complexity index is 236. The minimum Gasteiger partial charge on any atom is -0.0843 e. The second-order valence-corrected chi connectivity index (χ2v) is 4.98. The van der Waals surface area contributed by atoms with Crippen molar-refractivity contribution in [1.29, 1.82) is 0 Å². The first kappa shape index (κ1) is 16.5. The van der Waals surface area contributed by atoms with Crippen molar-refractivity contribution in [3.63, 3.8) is 0 Å². The van der Waals surface area contributed by atoms with Gasteiger partial charge in [-0.25, -0.2) is 0 Å². The Morgan fingerprint density at radius 3 is 1.71 bits per heavy atom. The molecule has 0 saturated heterocycles. The fraction of sp³-hybridized carbons (Fsp3) is 0.625. The summed E-state index contributed by atoms with van der Waals surface area (Å²) in [4.78, 5) is 0. The van der Waals surface area contributed by atoms with Gasteiger partial charge in [0.15, 0.2) is 0 Å². The van der Waals surface area contributed by atoms with Crippen LogP contribution in [0.3, 0.4) is 0 Å². The van der Waals surface area contributed by atoms with Crippen LogP contribution < -0.4 is 0 Å². The number of benzene rings is 1. The summed E-state index contributed by atoms with van der Waals surface area (Å²) in [5.74, 6) is 1.04. The maximum absolute atomic E-state index is 5.61. The Labute approximate surface area is 112 Å². The van der Waals surface area contributed by atoms with Gasteiger partial charge < -0.3 is 0 Å². The van der Waals surface area contributed by atoms with Gasteiger partial charge in [-0.15, -0.1) is 0 Å². The van der Waals surface area contributed by atoms with Gasteiger partial charge in [0.25, 0.3) is 0 Å². The van der Waals surface area contributed by atoms with Crippen molar-refractivity contribution >= 4 is 11.6 Å². The van der Waals surface area contributed by atoms with Crippen LogP contribution in [0.4, 0.5) is 0 Å². The normalized spacial score (nSPS) is 15.1. The molecule has 0 amide bonds. The van der Waals surface area contributed by atoms with Crippen molar-refractivity contribution in [3.8, 4) is 0 Å². The molecule has 0 radical (unpaired) electrons. The van der Waals surface area contributed by atoms with E-state index in [0.29, 0.717) is 0 Å². The summed E-state index contributed by atoms with van der Waals surface area (Å²) in [6.07, 6.45) is 7.44. The Balaban J connectivity index is 0.000000265. The summed E-state index contributed by atoms with van der Waals surface area (Å²) >= 11 is 5.61. The van der Waals surface area contributed by atoms with E-state index in [-0.39, 0.29) is 0 Å². The first-order chi connectivity index (χ1) is 8.18. The monoisotopic (exact) mass is 254 g/mol. The lowest BCUT2D eigenvalue weighted by Crippen LogP contribution is -1.99. The van der Waals surface area contributed by atoms with Crippen LogP contribution in [-0.4, -0.2) is 0 Å². The SMILES string of the molecule is CC.CC1CCCCC1.Cc1ccc(Cl)cc1. The van der Waals surface area contributed by atoms with Crippen LogP contribution in [0.25, 0.3) is 0 Å². The summed E-state index contributed by atoms with van der Waals surface area (Å²) in [6.45, 7) is 8.40. The van der Waals surface area contributed by atoms with Crippen molar-refractivity contribution in [2.75, 3.05) is 0 Å². The van der Waals surface area contributed by atoms with Crippen LogP contribution in [-0.2, 0) is 0 Å². The average molecular weight is 255 g/mol. The predicted octanol–water partition coefficient (Wildman–Crippen LogP) is 6.26. The number of hydrogen-bond acceptors (Lipinski definition) is 0. The predicted molar refractivity (Wildman–Crippen MR) is 79.8 cm³/mol. The van der Waals surface area contributed by atoms with Gasteiger partial charge >= 0.3 is 0 Å². The first-order valence-electron chi connectivity index (χ1n) is 6.90. The molecule has 98 valence electrons. The molecular formula is C16H27Cl. The lowest BCUT2D eigenvalue weighted by Gasteiger charge is -2.15. The number of aryl methyl sites for hydroxylation is 1. The molecule has 0 nitrogen and oxygen atoms in total. The maximum Gasteiger partial charge on any atom is 0.0406 e. The van der Waals surface area contributed by atoms with E-state index >= 15 is 0 Å². The lowest BCUT2D eigenvalue weighted by atomic mass is 9.91. The topological polar surface area (TPSA) is 0 Å². The number of hydrogen-bond donors (Lipinski definition) is 0. The summed E-state index contributed by atoms with van der Waals surface area (Å²) < 4.78 is 0. The van der Waals surface area contributed by atoms with Crippen molar-refractivity contribution in [2.45, 2.75) is 59.8 Å². The third-order valence-electron chi connectivity index (χ3n) is 2.90. The zero-order valence-electron chi connectivity index (χ0n) is 11.8. The third-order valence-corrected chi connectivity index (χ3v) is 3.16. The van der Waals surface area contributed by atoms with Gasteiger partial charge in [0.1, 0.15) is 0 Å². The van der Waals surface area contributed by atoms with E-state index < -0.39 is 0 Å². The molecule has 1 saturated carbocycles. The fourth-order valence-corrected chi connectivity index (χ4v) is 1.97. The first-order valence-corrected chi connectivity index (χ1v) is 7.28. The van der Waals surface area contributed by atoms with Crippen LogP contribution in [0.5, 0.6) is 0 Å². The number of halogens is 1. The molecule has 1 aliphatic rings. The van der Waals surface area contributed by atoms with Crippen LogP contribution >= 0.6 is 11.6 Å². The molecule has 17 heavy (non-hydrogen) atoms. The standard InChI is InChI=1S/C7H7Cl.C7H14.C2H6/c1-6-2-4-7(8)5-3-6;1-7-5-3-2-4-6-7;1-2/h2-5H,1H3;7H,2-6H2,1H3;1-2H3. The van der Waals surface area contributed by atoms with Crippen LogP contribution in [0.1, 0.15) is 58.4 Å². The van der Waals surface area contributed by atoms with Crippen LogP contribution in [0.15, 0.2) is 24.3 Å². The largest absolute Gasteiger partial charge is 0.0843 e. The quantitative estimate of drug-likeness (QED) is 0.512. The Morgan fingerprint density at radius 1 is 0.941 bits per heavy atom. The van der Waals surface area contributed by atoms with E-state index in [2.05, 4.69) is 6.92 Å². The second kappa shape index (κ2) is 10.7. The van der Waals surface area contributed by atoms with E-state index in [1.807, 2.05) is 45.0 Å². The molecule has 0 bridgehead atoms. The summed E-state index contributed by atoms with van der Waals surface area (Å²) in [6, 6.07) is 7.75. The summed E-state index contributed by atoms with van der Waals surface area (Å²) in [5.41, 5.74) is 1.24. The zero-order chi connectivity index (χ0) is 13.1. The summed E-state index contributed by atoms with van der Waals surface area (Å²) in [5, 5.41) is 0.801. The molecule has 0 aromatic heterocycles. The molecular weight excluding hydrogens is 228 g/mol. The molecule has 0 unspecified atom stereocenters. The average Bonchev–Trinajstić information content (AvgIpc) is 2.37. The van der Waals surface area contributed by atoms with E-state index in [0.717, 1.165) is 10.9 Å². The molecule has 0 spiro atoms. The van der Waals surface area contributed by atoms with E-state index in [1.165, 1.54) is 37.7 Å². The maximum atomic E-state index is 5.61. The molecule has 1 aliphatic carbocycles. The molecule has 0 N–H and O–H groups in total. The van der Waals surface area contributed by atoms with Gasteiger partial charge in [-0.1, -0.05) is 82.2 Å². The Morgan fingerprint density at radius 2 is 1.41 bits per heavy atom. The van der Waals surface area contributed by atoms with Crippen molar-refractivity contribution in [3.05, 3.63) is 34.9 Å². The van der Waals surface area contributed by atoms with Crippen LogP contribution in [0.2, 0.25) is 5.02 Å². The minimum absolute atomic E-state index is 0.801. The van der Waals surface area contributed by atoms with Gasteiger partial charge in [0.2, 0.25) is 0 Å². The fourth-order valence-electron chi connectivity index (χ4n) is 1.84. The van der Waals surface area contributed by atoms with Crippen LogP contribution in [0, 0.1) is 12.8 Å². The molecule has 1 aromatic rings. The molecule has 0 heterocycles. The van der Waals surface area contributed by atoms with Gasteiger partial charge in [-0.2, -0.15) is 0 Å². The zero-order valence-corrected chi connectivity index (χ0v) is 12.6. The smallest absolute Gasteiger partial charge is 0.0406 e. The summed E-state index contributed by atoms with van der Waals surface area (Å²) in [7, 11) is 0. The van der Waals surface area contributed by atoms with Gasteiger partial charge in [0.05, 0.1) is 0 Å². The van der Waals surface area contributed by atoms with Gasteiger partial charge in [0, 0.05) is 5.02 Å². The highest BCUT2D eigenvalue weighted by atomic mass is 35.5. The van der Waals surface area contributed by atoms with Crippen molar-refractivity contribution in [2.24, 2.45) is 5.92 Å². The van der Waals surface area contributed by atoms with E-state index in [1.54, 1.807) is 0 Å². The van der Waals surface area contributed by atoms with Gasteiger partial charge in [-0.05, 0) is 25.0 Å². The molecule has 2 rings (SSSR count). The highest BCUT2D eigenvalue weighted by Gasteiger charge is 2.05. The lowest BCUT2D eigenvalue weighted by molar-refractivity contribution is 0.385. The minimum atomic E-state index is 0.801. The Hall–Kier alpha value is -0.490. The second-order valence-electron chi connectivity index (χ2n) is 4.54. The van der Waals surface area contributed by atoms with Crippen molar-refractivity contribution < 1.29 is 0 Å². The molecule has 1 aromatic carbocycles. The molecule has 1 fully saturated rings. The Kier molecular flexibility index (Phi) is 10.3.